The fourth-order valence-corrected chi connectivity index (χ4v) is 4.30. The van der Waals surface area contributed by atoms with Crippen LogP contribution in [0.1, 0.15) is 21.6 Å². The molecule has 174 valence electrons. The van der Waals surface area contributed by atoms with Gasteiger partial charge in [0.2, 0.25) is 10.0 Å². The number of hydrogen-bond donors (Lipinski definition) is 2. The molecule has 0 saturated carbocycles. The van der Waals surface area contributed by atoms with Crippen molar-refractivity contribution in [3.05, 3.63) is 71.3 Å². The highest BCUT2D eigenvalue weighted by Crippen LogP contribution is 2.27. The summed E-state index contributed by atoms with van der Waals surface area (Å²) in [6.07, 6.45) is 2.30. The Balaban J connectivity index is 1.97. The number of pyridine rings is 1. The van der Waals surface area contributed by atoms with Gasteiger partial charge in [-0.05, 0) is 35.9 Å². The Bertz CT molecular complexity index is 1310. The monoisotopic (exact) mass is 474 g/mol. The van der Waals surface area contributed by atoms with E-state index >= 15 is 0 Å². The van der Waals surface area contributed by atoms with Gasteiger partial charge in [0.25, 0.3) is 0 Å². The first-order valence-electron chi connectivity index (χ1n) is 9.89. The molecule has 9 nitrogen and oxygen atoms in total. The second kappa shape index (κ2) is 9.92. The van der Waals surface area contributed by atoms with Gasteiger partial charge in [-0.1, -0.05) is 12.1 Å². The van der Waals surface area contributed by atoms with Crippen LogP contribution in [-0.2, 0) is 23.0 Å². The summed E-state index contributed by atoms with van der Waals surface area (Å²) in [6, 6.07) is 9.70. The SMILES string of the molecule is CN(C)S(=O)(=O)c1ccc(Cc2c(C=O)n(CC(F)=CCNC(=O)O)c3cccnc23)cc1. The molecule has 0 radical (unpaired) electrons. The third kappa shape index (κ3) is 5.26. The number of nitrogens with one attached hydrogen (secondary N) is 1. The number of rotatable bonds is 9. The summed E-state index contributed by atoms with van der Waals surface area (Å²) in [5, 5.41) is 10.7. The molecule has 1 amide bonds. The number of aromatic nitrogens is 2. The molecular formula is C22H23FN4O5S. The molecule has 0 bridgehead atoms. The van der Waals surface area contributed by atoms with Gasteiger partial charge < -0.3 is 15.0 Å². The summed E-state index contributed by atoms with van der Waals surface area (Å²) in [4.78, 5) is 27.0. The van der Waals surface area contributed by atoms with Crippen molar-refractivity contribution in [2.45, 2.75) is 17.9 Å². The Hall–Kier alpha value is -3.57. The lowest BCUT2D eigenvalue weighted by atomic mass is 10.0. The average molecular weight is 475 g/mol. The fourth-order valence-electron chi connectivity index (χ4n) is 3.40. The zero-order valence-electron chi connectivity index (χ0n) is 18.0. The van der Waals surface area contributed by atoms with Crippen LogP contribution >= 0.6 is 0 Å². The molecule has 2 heterocycles. The first kappa shape index (κ1) is 24.1. The molecule has 0 fully saturated rings. The van der Waals surface area contributed by atoms with Crippen molar-refractivity contribution in [3.8, 4) is 0 Å². The van der Waals surface area contributed by atoms with Crippen molar-refractivity contribution < 1.29 is 27.5 Å². The zero-order chi connectivity index (χ0) is 24.2. The van der Waals surface area contributed by atoms with E-state index < -0.39 is 21.9 Å². The summed E-state index contributed by atoms with van der Waals surface area (Å²) in [7, 11) is -0.666. The number of aldehydes is 1. The van der Waals surface area contributed by atoms with Gasteiger partial charge in [0, 0.05) is 38.8 Å². The topological polar surface area (TPSA) is 122 Å². The molecule has 0 atom stereocenters. The van der Waals surface area contributed by atoms with E-state index in [1.54, 1.807) is 30.5 Å². The van der Waals surface area contributed by atoms with Crippen molar-refractivity contribution in [1.29, 1.82) is 0 Å². The van der Waals surface area contributed by atoms with Crippen LogP contribution in [0.3, 0.4) is 0 Å². The lowest BCUT2D eigenvalue weighted by Crippen LogP contribution is -2.22. The second-order valence-electron chi connectivity index (χ2n) is 7.38. The predicted octanol–water partition coefficient (Wildman–Crippen LogP) is 2.81. The Labute approximate surface area is 190 Å². The number of amides is 1. The molecule has 0 aliphatic carbocycles. The van der Waals surface area contributed by atoms with Crippen LogP contribution in [-0.4, -0.2) is 60.4 Å². The lowest BCUT2D eigenvalue weighted by Gasteiger charge is -2.11. The number of hydrogen-bond acceptors (Lipinski definition) is 5. The standard InChI is InChI=1S/C22H23FN4O5S/c1-26(2)33(31,32)17-7-5-15(6-8-17)12-18-20(14-28)27(19-4-3-10-24-21(18)19)13-16(23)9-11-25-22(29)30/h3-10,14,25H,11-13H2,1-2H3,(H,29,30). The number of carboxylic acid groups (broad SMARTS) is 1. The van der Waals surface area contributed by atoms with Gasteiger partial charge in [0.05, 0.1) is 28.2 Å². The Morgan fingerprint density at radius 2 is 1.94 bits per heavy atom. The third-order valence-electron chi connectivity index (χ3n) is 5.04. The fraction of sp³-hybridized carbons (Fsp3) is 0.227. The van der Waals surface area contributed by atoms with E-state index in [2.05, 4.69) is 10.3 Å². The molecule has 0 unspecified atom stereocenters. The highest BCUT2D eigenvalue weighted by Gasteiger charge is 2.20. The van der Waals surface area contributed by atoms with Crippen molar-refractivity contribution in [1.82, 2.24) is 19.2 Å². The first-order chi connectivity index (χ1) is 15.6. The molecule has 3 aromatic rings. The number of halogens is 1. The van der Waals surface area contributed by atoms with E-state index in [1.807, 2.05) is 0 Å². The van der Waals surface area contributed by atoms with E-state index in [9.17, 15) is 22.4 Å². The molecule has 0 aliphatic rings. The summed E-state index contributed by atoms with van der Waals surface area (Å²) < 4.78 is 41.6. The Morgan fingerprint density at radius 1 is 1.24 bits per heavy atom. The largest absolute Gasteiger partial charge is 0.465 e. The van der Waals surface area contributed by atoms with Gasteiger partial charge in [-0.15, -0.1) is 0 Å². The van der Waals surface area contributed by atoms with Crippen molar-refractivity contribution >= 4 is 33.4 Å². The second-order valence-corrected chi connectivity index (χ2v) is 9.54. The smallest absolute Gasteiger partial charge is 0.404 e. The van der Waals surface area contributed by atoms with Gasteiger partial charge in [-0.3, -0.25) is 9.78 Å². The number of benzene rings is 1. The van der Waals surface area contributed by atoms with E-state index in [4.69, 9.17) is 5.11 Å². The minimum Gasteiger partial charge on any atom is -0.465 e. The van der Waals surface area contributed by atoms with Crippen LogP contribution in [0.2, 0.25) is 0 Å². The third-order valence-corrected chi connectivity index (χ3v) is 6.87. The van der Waals surface area contributed by atoms with Gasteiger partial charge in [-0.2, -0.15) is 0 Å². The molecule has 1 aromatic carbocycles. The van der Waals surface area contributed by atoms with Crippen LogP contribution in [0.15, 0.2) is 59.4 Å². The first-order valence-corrected chi connectivity index (χ1v) is 11.3. The van der Waals surface area contributed by atoms with Crippen LogP contribution in [0.25, 0.3) is 11.0 Å². The van der Waals surface area contributed by atoms with Crippen molar-refractivity contribution in [2.75, 3.05) is 20.6 Å². The average Bonchev–Trinajstić information content (AvgIpc) is 3.06. The van der Waals surface area contributed by atoms with Crippen LogP contribution in [0.4, 0.5) is 9.18 Å². The van der Waals surface area contributed by atoms with Crippen LogP contribution in [0, 0.1) is 0 Å². The molecule has 3 rings (SSSR count). The molecule has 2 aromatic heterocycles. The molecular weight excluding hydrogens is 451 g/mol. The minimum absolute atomic E-state index is 0.148. The molecule has 0 aliphatic heterocycles. The normalized spacial score (nSPS) is 12.3. The van der Waals surface area contributed by atoms with Crippen molar-refractivity contribution in [3.63, 3.8) is 0 Å². The quantitative estimate of drug-likeness (QED) is 0.460. The van der Waals surface area contributed by atoms with Gasteiger partial charge in [0.15, 0.2) is 6.29 Å². The molecule has 0 saturated heterocycles. The van der Waals surface area contributed by atoms with Gasteiger partial charge in [0.1, 0.15) is 5.83 Å². The van der Waals surface area contributed by atoms with E-state index in [0.717, 1.165) is 15.9 Å². The molecule has 2 N–H and O–H groups in total. The number of nitrogens with zero attached hydrogens (tertiary/aromatic N) is 3. The maximum absolute atomic E-state index is 14.5. The number of carbonyl (C=O) groups excluding carboxylic acids is 1. The maximum atomic E-state index is 14.5. The highest BCUT2D eigenvalue weighted by molar-refractivity contribution is 7.89. The van der Waals surface area contributed by atoms with E-state index in [1.165, 1.54) is 30.8 Å². The van der Waals surface area contributed by atoms with Crippen LogP contribution in [0.5, 0.6) is 0 Å². The van der Waals surface area contributed by atoms with E-state index in [0.29, 0.717) is 22.9 Å². The van der Waals surface area contributed by atoms with E-state index in [-0.39, 0.29) is 30.1 Å². The molecule has 11 heteroatoms. The highest BCUT2D eigenvalue weighted by atomic mass is 32.2. The van der Waals surface area contributed by atoms with Gasteiger partial charge >= 0.3 is 6.09 Å². The number of fused-ring (bicyclic) bond motifs is 1. The van der Waals surface area contributed by atoms with Crippen LogP contribution < -0.4 is 5.32 Å². The lowest BCUT2D eigenvalue weighted by molar-refractivity contribution is 0.111. The number of allylic oxidation sites excluding steroid dienone is 1. The zero-order valence-corrected chi connectivity index (χ0v) is 18.8. The molecule has 33 heavy (non-hydrogen) atoms. The Morgan fingerprint density at radius 3 is 2.55 bits per heavy atom. The van der Waals surface area contributed by atoms with Gasteiger partial charge in [-0.25, -0.2) is 21.9 Å². The summed E-state index contributed by atoms with van der Waals surface area (Å²) >= 11 is 0. The Kier molecular flexibility index (Phi) is 7.24. The molecule has 0 spiro atoms. The van der Waals surface area contributed by atoms with Crippen molar-refractivity contribution in [2.24, 2.45) is 0 Å². The summed E-state index contributed by atoms with van der Waals surface area (Å²) in [6.45, 7) is -0.471. The predicted molar refractivity (Wildman–Crippen MR) is 120 cm³/mol. The maximum Gasteiger partial charge on any atom is 0.404 e. The summed E-state index contributed by atoms with van der Waals surface area (Å²) in [5.74, 6) is -0.614. The number of carbonyl (C=O) groups is 2. The summed E-state index contributed by atoms with van der Waals surface area (Å²) in [5.41, 5.74) is 2.66. The number of sulfonamides is 1. The minimum atomic E-state index is -3.57.